The standard InChI is InChI=1S/C13H15NO2/c1-4-16-12-8-9(2)14-13-10(12)6-5-7-11(13)15-3/h5-8H,4H2,1-3H3. The Bertz CT molecular complexity index is 509. The number of benzene rings is 1. The summed E-state index contributed by atoms with van der Waals surface area (Å²) in [5.74, 6) is 1.64. The van der Waals surface area contributed by atoms with Crippen LogP contribution in [0.1, 0.15) is 12.6 Å². The molecule has 0 aliphatic carbocycles. The summed E-state index contributed by atoms with van der Waals surface area (Å²) in [6.45, 7) is 4.58. The zero-order valence-electron chi connectivity index (χ0n) is 9.78. The normalized spacial score (nSPS) is 10.4. The van der Waals surface area contributed by atoms with E-state index in [2.05, 4.69) is 4.98 Å². The van der Waals surface area contributed by atoms with Gasteiger partial charge >= 0.3 is 0 Å². The third-order valence-electron chi connectivity index (χ3n) is 2.41. The molecule has 1 heterocycles. The first-order chi connectivity index (χ1) is 7.76. The first-order valence-electron chi connectivity index (χ1n) is 5.33. The van der Waals surface area contributed by atoms with E-state index >= 15 is 0 Å². The van der Waals surface area contributed by atoms with Gasteiger partial charge in [-0.05, 0) is 26.0 Å². The van der Waals surface area contributed by atoms with Gasteiger partial charge in [-0.25, -0.2) is 4.98 Å². The Hall–Kier alpha value is -1.77. The molecule has 0 bridgehead atoms. The van der Waals surface area contributed by atoms with Gasteiger partial charge in [-0.2, -0.15) is 0 Å². The second-order valence-electron chi connectivity index (χ2n) is 3.55. The van der Waals surface area contributed by atoms with Gasteiger partial charge in [-0.15, -0.1) is 0 Å². The van der Waals surface area contributed by atoms with Crippen molar-refractivity contribution in [2.75, 3.05) is 13.7 Å². The van der Waals surface area contributed by atoms with Crippen LogP contribution in [0.3, 0.4) is 0 Å². The minimum Gasteiger partial charge on any atom is -0.494 e. The Morgan fingerprint density at radius 1 is 1.25 bits per heavy atom. The Morgan fingerprint density at radius 2 is 2.06 bits per heavy atom. The highest BCUT2D eigenvalue weighted by molar-refractivity contribution is 5.89. The average molecular weight is 217 g/mol. The Labute approximate surface area is 95.0 Å². The Kier molecular flexibility index (Phi) is 2.95. The summed E-state index contributed by atoms with van der Waals surface area (Å²) in [5.41, 5.74) is 1.79. The summed E-state index contributed by atoms with van der Waals surface area (Å²) in [6, 6.07) is 7.80. The van der Waals surface area contributed by atoms with Gasteiger partial charge in [0.2, 0.25) is 0 Å². The largest absolute Gasteiger partial charge is 0.494 e. The van der Waals surface area contributed by atoms with Gasteiger partial charge in [0.1, 0.15) is 17.0 Å². The van der Waals surface area contributed by atoms with E-state index in [0.29, 0.717) is 6.61 Å². The van der Waals surface area contributed by atoms with Gasteiger partial charge in [-0.1, -0.05) is 6.07 Å². The lowest BCUT2D eigenvalue weighted by Gasteiger charge is -2.10. The van der Waals surface area contributed by atoms with Crippen molar-refractivity contribution in [1.29, 1.82) is 0 Å². The lowest BCUT2D eigenvalue weighted by atomic mass is 10.1. The number of aryl methyl sites for hydroxylation is 1. The van der Waals surface area contributed by atoms with E-state index in [-0.39, 0.29) is 0 Å². The summed E-state index contributed by atoms with van der Waals surface area (Å²) in [4.78, 5) is 4.48. The maximum absolute atomic E-state index is 5.60. The van der Waals surface area contributed by atoms with Gasteiger partial charge < -0.3 is 9.47 Å². The molecule has 84 valence electrons. The summed E-state index contributed by atoms with van der Waals surface area (Å²) in [7, 11) is 1.65. The molecule has 1 aromatic carbocycles. The number of aromatic nitrogens is 1. The molecule has 2 rings (SSSR count). The molecule has 0 unspecified atom stereocenters. The van der Waals surface area contributed by atoms with Gasteiger partial charge in [0.25, 0.3) is 0 Å². The molecule has 0 saturated carbocycles. The van der Waals surface area contributed by atoms with Gasteiger partial charge in [0.05, 0.1) is 13.7 Å². The predicted octanol–water partition coefficient (Wildman–Crippen LogP) is 2.95. The van der Waals surface area contributed by atoms with Crippen LogP contribution < -0.4 is 9.47 Å². The van der Waals surface area contributed by atoms with Crippen molar-refractivity contribution in [2.24, 2.45) is 0 Å². The lowest BCUT2D eigenvalue weighted by molar-refractivity contribution is 0.343. The highest BCUT2D eigenvalue weighted by Gasteiger charge is 2.08. The fourth-order valence-electron chi connectivity index (χ4n) is 1.75. The molecule has 1 aromatic heterocycles. The van der Waals surface area contributed by atoms with Crippen molar-refractivity contribution >= 4 is 10.9 Å². The van der Waals surface area contributed by atoms with Crippen molar-refractivity contribution in [3.63, 3.8) is 0 Å². The third-order valence-corrected chi connectivity index (χ3v) is 2.41. The van der Waals surface area contributed by atoms with Crippen LogP contribution in [0, 0.1) is 6.92 Å². The first kappa shape index (κ1) is 10.7. The van der Waals surface area contributed by atoms with Crippen molar-refractivity contribution in [3.05, 3.63) is 30.0 Å². The molecule has 0 spiro atoms. The molecule has 16 heavy (non-hydrogen) atoms. The Morgan fingerprint density at radius 3 is 2.75 bits per heavy atom. The molecule has 0 saturated heterocycles. The molecular weight excluding hydrogens is 202 g/mol. The van der Waals surface area contributed by atoms with E-state index in [4.69, 9.17) is 9.47 Å². The quantitative estimate of drug-likeness (QED) is 0.792. The molecule has 0 N–H and O–H groups in total. The fraction of sp³-hybridized carbons (Fsp3) is 0.308. The summed E-state index contributed by atoms with van der Waals surface area (Å²) < 4.78 is 10.9. The minimum atomic E-state index is 0.649. The van der Waals surface area contributed by atoms with Crippen LogP contribution in [0.2, 0.25) is 0 Å². The van der Waals surface area contributed by atoms with Crippen LogP contribution in [0.15, 0.2) is 24.3 Å². The number of pyridine rings is 1. The van der Waals surface area contributed by atoms with Crippen LogP contribution in [-0.2, 0) is 0 Å². The van der Waals surface area contributed by atoms with Gasteiger partial charge in [0, 0.05) is 17.1 Å². The number of hydrogen-bond acceptors (Lipinski definition) is 3. The number of para-hydroxylation sites is 1. The van der Waals surface area contributed by atoms with Crippen molar-refractivity contribution < 1.29 is 9.47 Å². The molecule has 0 fully saturated rings. The summed E-state index contributed by atoms with van der Waals surface area (Å²) in [6.07, 6.45) is 0. The number of hydrogen-bond donors (Lipinski definition) is 0. The maximum atomic E-state index is 5.60. The average Bonchev–Trinajstić information content (AvgIpc) is 2.28. The van der Waals surface area contributed by atoms with Crippen LogP contribution in [0.5, 0.6) is 11.5 Å². The molecule has 0 aliphatic heterocycles. The number of methoxy groups -OCH3 is 1. The first-order valence-corrected chi connectivity index (χ1v) is 5.33. The molecule has 2 aromatic rings. The van der Waals surface area contributed by atoms with Crippen LogP contribution >= 0.6 is 0 Å². The van der Waals surface area contributed by atoms with E-state index in [1.807, 2.05) is 38.1 Å². The SMILES string of the molecule is CCOc1cc(C)nc2c(OC)cccc12. The van der Waals surface area contributed by atoms with E-state index in [0.717, 1.165) is 28.1 Å². The van der Waals surface area contributed by atoms with Gasteiger partial charge in [0.15, 0.2) is 0 Å². The topological polar surface area (TPSA) is 31.4 Å². The molecule has 0 aliphatic rings. The zero-order valence-corrected chi connectivity index (χ0v) is 9.78. The maximum Gasteiger partial charge on any atom is 0.145 e. The molecule has 0 amide bonds. The minimum absolute atomic E-state index is 0.649. The van der Waals surface area contributed by atoms with E-state index < -0.39 is 0 Å². The van der Waals surface area contributed by atoms with Crippen LogP contribution in [0.4, 0.5) is 0 Å². The van der Waals surface area contributed by atoms with Gasteiger partial charge in [-0.3, -0.25) is 0 Å². The second-order valence-corrected chi connectivity index (χ2v) is 3.55. The monoisotopic (exact) mass is 217 g/mol. The molecule has 3 heteroatoms. The van der Waals surface area contributed by atoms with Crippen molar-refractivity contribution in [2.45, 2.75) is 13.8 Å². The number of rotatable bonds is 3. The van der Waals surface area contributed by atoms with E-state index in [1.165, 1.54) is 0 Å². The molecule has 3 nitrogen and oxygen atoms in total. The summed E-state index contributed by atoms with van der Waals surface area (Å²) in [5, 5.41) is 0.992. The van der Waals surface area contributed by atoms with Crippen LogP contribution in [0.25, 0.3) is 10.9 Å². The highest BCUT2D eigenvalue weighted by Crippen LogP contribution is 2.31. The number of ether oxygens (including phenoxy) is 2. The second kappa shape index (κ2) is 4.39. The molecular formula is C13H15NO2. The highest BCUT2D eigenvalue weighted by atomic mass is 16.5. The third kappa shape index (κ3) is 1.81. The van der Waals surface area contributed by atoms with Crippen molar-refractivity contribution in [3.8, 4) is 11.5 Å². The number of nitrogens with zero attached hydrogens (tertiary/aromatic N) is 1. The Balaban J connectivity index is 2.72. The molecule has 0 atom stereocenters. The fourth-order valence-corrected chi connectivity index (χ4v) is 1.75. The molecule has 0 radical (unpaired) electrons. The lowest BCUT2D eigenvalue weighted by Crippen LogP contribution is -1.96. The number of fused-ring (bicyclic) bond motifs is 1. The zero-order chi connectivity index (χ0) is 11.5. The van der Waals surface area contributed by atoms with Crippen molar-refractivity contribution in [1.82, 2.24) is 4.98 Å². The predicted molar refractivity (Wildman–Crippen MR) is 64.2 cm³/mol. The van der Waals surface area contributed by atoms with E-state index in [1.54, 1.807) is 7.11 Å². The smallest absolute Gasteiger partial charge is 0.145 e. The van der Waals surface area contributed by atoms with E-state index in [9.17, 15) is 0 Å². The summed E-state index contributed by atoms with van der Waals surface area (Å²) >= 11 is 0. The van der Waals surface area contributed by atoms with Crippen LogP contribution in [-0.4, -0.2) is 18.7 Å².